The first-order chi connectivity index (χ1) is 13.7. The van der Waals surface area contributed by atoms with E-state index in [1.165, 1.54) is 11.3 Å². The summed E-state index contributed by atoms with van der Waals surface area (Å²) in [4.78, 5) is 21.7. The minimum absolute atomic E-state index is 0.0763. The molecule has 28 heavy (non-hydrogen) atoms. The lowest BCUT2D eigenvalue weighted by Gasteiger charge is -2.00. The number of aromatic nitrogens is 3. The van der Waals surface area contributed by atoms with Crippen LogP contribution in [0, 0.1) is 11.3 Å². The molecule has 3 aromatic rings. The Kier molecular flexibility index (Phi) is 6.87. The van der Waals surface area contributed by atoms with Crippen LogP contribution in [0.5, 0.6) is 0 Å². The Hall–Kier alpha value is -3.05. The monoisotopic (exact) mass is 395 g/mol. The van der Waals surface area contributed by atoms with E-state index in [1.54, 1.807) is 18.3 Å². The first-order valence-electron chi connectivity index (χ1n) is 9.21. The number of carbonyl (C=O) groups is 1. The van der Waals surface area contributed by atoms with E-state index in [2.05, 4.69) is 33.4 Å². The SMILES string of the molecule is CCCc1noc(CCCC(=O)Nc2ncc(Cc3ccc(C#N)cc3)s2)n1. The largest absolute Gasteiger partial charge is 0.339 e. The summed E-state index contributed by atoms with van der Waals surface area (Å²) in [6.07, 6.45) is 5.87. The molecular formula is C20H21N5O2S. The van der Waals surface area contributed by atoms with E-state index in [0.29, 0.717) is 35.8 Å². The van der Waals surface area contributed by atoms with Crippen LogP contribution in [0.25, 0.3) is 0 Å². The van der Waals surface area contributed by atoms with Crippen molar-refractivity contribution in [3.63, 3.8) is 0 Å². The number of nitrogens with zero attached hydrogens (tertiary/aromatic N) is 4. The molecule has 0 unspecified atom stereocenters. The van der Waals surface area contributed by atoms with Crippen molar-refractivity contribution in [3.05, 3.63) is 58.2 Å². The number of aryl methyl sites for hydroxylation is 2. The van der Waals surface area contributed by atoms with E-state index in [4.69, 9.17) is 9.78 Å². The first-order valence-corrected chi connectivity index (χ1v) is 10.0. The molecule has 0 spiro atoms. The van der Waals surface area contributed by atoms with Crippen LogP contribution in [0.1, 0.15) is 53.9 Å². The molecule has 8 heteroatoms. The van der Waals surface area contributed by atoms with Crippen molar-refractivity contribution in [2.75, 3.05) is 5.32 Å². The molecule has 1 amide bonds. The van der Waals surface area contributed by atoms with Gasteiger partial charge < -0.3 is 9.84 Å². The highest BCUT2D eigenvalue weighted by Gasteiger charge is 2.10. The lowest BCUT2D eigenvalue weighted by Crippen LogP contribution is -2.11. The van der Waals surface area contributed by atoms with Crippen molar-refractivity contribution >= 4 is 22.4 Å². The third-order valence-electron chi connectivity index (χ3n) is 4.04. The second kappa shape index (κ2) is 9.76. The first kappa shape index (κ1) is 19.7. The third-order valence-corrected chi connectivity index (χ3v) is 4.95. The van der Waals surface area contributed by atoms with Crippen molar-refractivity contribution in [1.29, 1.82) is 5.26 Å². The molecule has 0 saturated carbocycles. The number of thiazole rings is 1. The van der Waals surface area contributed by atoms with Crippen LogP contribution >= 0.6 is 11.3 Å². The Labute approximate surface area is 167 Å². The van der Waals surface area contributed by atoms with Crippen LogP contribution in [0.15, 0.2) is 35.0 Å². The fourth-order valence-electron chi connectivity index (χ4n) is 2.64. The molecule has 7 nitrogen and oxygen atoms in total. The number of hydrogen-bond acceptors (Lipinski definition) is 7. The number of rotatable bonds is 9. The van der Waals surface area contributed by atoms with Gasteiger partial charge in [-0.05, 0) is 30.5 Å². The van der Waals surface area contributed by atoms with E-state index in [9.17, 15) is 4.79 Å². The normalized spacial score (nSPS) is 10.6. The summed E-state index contributed by atoms with van der Waals surface area (Å²) in [6.45, 7) is 2.06. The zero-order chi connectivity index (χ0) is 19.8. The van der Waals surface area contributed by atoms with Crippen molar-refractivity contribution < 1.29 is 9.32 Å². The molecule has 3 rings (SSSR count). The number of nitriles is 1. The molecule has 2 heterocycles. The highest BCUT2D eigenvalue weighted by atomic mass is 32.1. The highest BCUT2D eigenvalue weighted by Crippen LogP contribution is 2.21. The molecule has 144 valence electrons. The van der Waals surface area contributed by atoms with Gasteiger partial charge in [-0.3, -0.25) is 4.79 Å². The smallest absolute Gasteiger partial charge is 0.226 e. The van der Waals surface area contributed by atoms with Crippen molar-refractivity contribution in [2.45, 2.75) is 45.4 Å². The van der Waals surface area contributed by atoms with Crippen LogP contribution in [0.4, 0.5) is 5.13 Å². The van der Waals surface area contributed by atoms with Gasteiger partial charge in [0.2, 0.25) is 11.8 Å². The highest BCUT2D eigenvalue weighted by molar-refractivity contribution is 7.15. The summed E-state index contributed by atoms with van der Waals surface area (Å²) in [5.74, 6) is 1.22. The van der Waals surface area contributed by atoms with Gasteiger partial charge in [-0.1, -0.05) is 24.2 Å². The molecule has 0 aliphatic rings. The summed E-state index contributed by atoms with van der Waals surface area (Å²) in [5, 5.41) is 16.2. The molecular weight excluding hydrogens is 374 g/mol. The average Bonchev–Trinajstić information content (AvgIpc) is 3.32. The zero-order valence-corrected chi connectivity index (χ0v) is 16.5. The van der Waals surface area contributed by atoms with E-state index < -0.39 is 0 Å². The van der Waals surface area contributed by atoms with E-state index >= 15 is 0 Å². The second-order valence-electron chi connectivity index (χ2n) is 6.37. The Morgan fingerprint density at radius 3 is 2.86 bits per heavy atom. The predicted molar refractivity (Wildman–Crippen MR) is 106 cm³/mol. The fraction of sp³-hybridized carbons (Fsp3) is 0.350. The lowest BCUT2D eigenvalue weighted by atomic mass is 10.1. The fourth-order valence-corrected chi connectivity index (χ4v) is 3.51. The molecule has 0 aliphatic carbocycles. The van der Waals surface area contributed by atoms with Gasteiger partial charge in [0.25, 0.3) is 0 Å². The second-order valence-corrected chi connectivity index (χ2v) is 7.49. The third kappa shape index (κ3) is 5.72. The van der Waals surface area contributed by atoms with Gasteiger partial charge in [-0.2, -0.15) is 10.2 Å². The molecule has 0 radical (unpaired) electrons. The summed E-state index contributed by atoms with van der Waals surface area (Å²) < 4.78 is 5.17. The number of nitrogens with one attached hydrogen (secondary N) is 1. The van der Waals surface area contributed by atoms with Crippen molar-refractivity contribution in [2.24, 2.45) is 0 Å². The van der Waals surface area contributed by atoms with E-state index in [0.717, 1.165) is 35.5 Å². The lowest BCUT2D eigenvalue weighted by molar-refractivity contribution is -0.116. The maximum atomic E-state index is 12.1. The predicted octanol–water partition coefficient (Wildman–Crippen LogP) is 3.90. The maximum absolute atomic E-state index is 12.1. The molecule has 0 atom stereocenters. The quantitative estimate of drug-likeness (QED) is 0.589. The number of amides is 1. The van der Waals surface area contributed by atoms with Crippen LogP contribution in [-0.4, -0.2) is 21.0 Å². The molecule has 1 aromatic carbocycles. The molecule has 0 fully saturated rings. The van der Waals surface area contributed by atoms with Crippen LogP contribution in [0.3, 0.4) is 0 Å². The topological polar surface area (TPSA) is 105 Å². The zero-order valence-electron chi connectivity index (χ0n) is 15.6. The minimum Gasteiger partial charge on any atom is -0.339 e. The van der Waals surface area contributed by atoms with Gasteiger partial charge in [0, 0.05) is 36.8 Å². The summed E-state index contributed by atoms with van der Waals surface area (Å²) >= 11 is 1.46. The van der Waals surface area contributed by atoms with Gasteiger partial charge in [0.05, 0.1) is 11.6 Å². The number of benzene rings is 1. The minimum atomic E-state index is -0.0763. The van der Waals surface area contributed by atoms with Crippen LogP contribution in [0.2, 0.25) is 0 Å². The molecule has 2 aromatic heterocycles. The molecule has 0 saturated heterocycles. The van der Waals surface area contributed by atoms with Gasteiger partial charge in [0.15, 0.2) is 11.0 Å². The Morgan fingerprint density at radius 2 is 2.11 bits per heavy atom. The summed E-state index contributed by atoms with van der Waals surface area (Å²) in [7, 11) is 0. The van der Waals surface area contributed by atoms with Gasteiger partial charge in [-0.15, -0.1) is 11.3 Å². The maximum Gasteiger partial charge on any atom is 0.226 e. The molecule has 0 aliphatic heterocycles. The number of anilines is 1. The standard InChI is InChI=1S/C20H21N5O2S/c1-2-4-17-23-19(27-25-17)6-3-5-18(26)24-20-22-13-16(28-20)11-14-7-9-15(12-21)10-8-14/h7-10,13H,2-6,11H2,1H3,(H,22,24,26). The average molecular weight is 395 g/mol. The van der Waals surface area contributed by atoms with Crippen LogP contribution in [-0.2, 0) is 24.1 Å². The van der Waals surface area contributed by atoms with Crippen molar-refractivity contribution in [1.82, 2.24) is 15.1 Å². The Balaban J connectivity index is 1.43. The number of hydrogen-bond donors (Lipinski definition) is 1. The summed E-state index contributed by atoms with van der Waals surface area (Å²) in [5.41, 5.74) is 1.74. The summed E-state index contributed by atoms with van der Waals surface area (Å²) in [6, 6.07) is 9.57. The van der Waals surface area contributed by atoms with E-state index in [1.807, 2.05) is 12.1 Å². The Bertz CT molecular complexity index is 956. The van der Waals surface area contributed by atoms with Gasteiger partial charge in [0.1, 0.15) is 0 Å². The number of carbonyl (C=O) groups excluding carboxylic acids is 1. The van der Waals surface area contributed by atoms with Gasteiger partial charge >= 0.3 is 0 Å². The van der Waals surface area contributed by atoms with Crippen LogP contribution < -0.4 is 5.32 Å². The Morgan fingerprint density at radius 1 is 1.29 bits per heavy atom. The molecule has 1 N–H and O–H groups in total. The van der Waals surface area contributed by atoms with Gasteiger partial charge in [-0.25, -0.2) is 4.98 Å². The van der Waals surface area contributed by atoms with Crippen molar-refractivity contribution in [3.8, 4) is 6.07 Å². The molecule has 0 bridgehead atoms. The van der Waals surface area contributed by atoms with E-state index in [-0.39, 0.29) is 5.91 Å².